The number of sulfonamides is 1. The largest absolute Gasteiger partial charge is 0.496 e. The first-order valence-corrected chi connectivity index (χ1v) is 6.88. The van der Waals surface area contributed by atoms with E-state index < -0.39 is 10.0 Å². The predicted octanol–water partition coefficient (Wildman–Crippen LogP) is 1.51. The van der Waals surface area contributed by atoms with Crippen LogP contribution < -0.4 is 9.46 Å². The molecule has 1 aromatic rings. The summed E-state index contributed by atoms with van der Waals surface area (Å²) in [6, 6.07) is 5.40. The molecule has 0 unspecified atom stereocenters. The summed E-state index contributed by atoms with van der Waals surface area (Å²) >= 11 is 3.33. The van der Waals surface area contributed by atoms with Crippen molar-refractivity contribution in [3.05, 3.63) is 28.2 Å². The Morgan fingerprint density at radius 1 is 1.47 bits per heavy atom. The highest BCUT2D eigenvalue weighted by Crippen LogP contribution is 2.25. The molecule has 0 heterocycles. The van der Waals surface area contributed by atoms with Crippen molar-refractivity contribution >= 4 is 26.0 Å². The average molecular weight is 294 g/mol. The van der Waals surface area contributed by atoms with E-state index in [1.165, 1.54) is 0 Å². The van der Waals surface area contributed by atoms with Crippen LogP contribution in [0.25, 0.3) is 0 Å². The van der Waals surface area contributed by atoms with Crippen molar-refractivity contribution in [2.24, 2.45) is 0 Å². The van der Waals surface area contributed by atoms with E-state index in [4.69, 9.17) is 4.74 Å². The maximum atomic E-state index is 10.9. The van der Waals surface area contributed by atoms with E-state index in [1.54, 1.807) is 13.2 Å². The Hall–Kier alpha value is -0.590. The van der Waals surface area contributed by atoms with Gasteiger partial charge in [0.05, 0.1) is 17.8 Å². The van der Waals surface area contributed by atoms with Crippen LogP contribution in [0.2, 0.25) is 0 Å². The summed E-state index contributed by atoms with van der Waals surface area (Å²) in [5, 5.41) is 0. The van der Waals surface area contributed by atoms with E-state index in [2.05, 4.69) is 20.7 Å². The van der Waals surface area contributed by atoms with E-state index in [1.807, 2.05) is 12.1 Å². The van der Waals surface area contributed by atoms with Crippen LogP contribution >= 0.6 is 15.9 Å². The molecule has 0 amide bonds. The molecule has 84 valence electrons. The molecule has 0 bridgehead atoms. The molecule has 0 aliphatic heterocycles. The van der Waals surface area contributed by atoms with Gasteiger partial charge in [0.1, 0.15) is 5.75 Å². The summed E-state index contributed by atoms with van der Waals surface area (Å²) in [5.41, 5.74) is 0.869. The van der Waals surface area contributed by atoms with Gasteiger partial charge in [0.25, 0.3) is 0 Å². The lowest BCUT2D eigenvalue weighted by molar-refractivity contribution is 0.412. The minimum absolute atomic E-state index is 0.279. The summed E-state index contributed by atoms with van der Waals surface area (Å²) in [6.45, 7) is 0.279. The third-order valence-corrected chi connectivity index (χ3v) is 3.04. The van der Waals surface area contributed by atoms with E-state index in [0.717, 1.165) is 22.0 Å². The average Bonchev–Trinajstić information content (AvgIpc) is 2.14. The third-order valence-electron chi connectivity index (χ3n) is 1.75. The summed E-state index contributed by atoms with van der Waals surface area (Å²) in [7, 11) is -1.57. The monoisotopic (exact) mass is 293 g/mol. The van der Waals surface area contributed by atoms with Crippen molar-refractivity contribution in [1.29, 1.82) is 0 Å². The molecule has 1 rings (SSSR count). The van der Waals surface area contributed by atoms with E-state index in [9.17, 15) is 8.42 Å². The second-order valence-corrected chi connectivity index (χ2v) is 5.75. The van der Waals surface area contributed by atoms with Gasteiger partial charge in [-0.15, -0.1) is 0 Å². The van der Waals surface area contributed by atoms with Crippen molar-refractivity contribution < 1.29 is 13.2 Å². The van der Waals surface area contributed by atoms with Gasteiger partial charge in [0.15, 0.2) is 0 Å². The van der Waals surface area contributed by atoms with Crippen LogP contribution in [-0.2, 0) is 16.6 Å². The molecule has 0 aliphatic carbocycles. The van der Waals surface area contributed by atoms with Crippen LogP contribution in [0.1, 0.15) is 5.56 Å². The molecule has 0 atom stereocenters. The number of hydrogen-bond donors (Lipinski definition) is 1. The van der Waals surface area contributed by atoms with Gasteiger partial charge < -0.3 is 4.74 Å². The fourth-order valence-corrected chi connectivity index (χ4v) is 2.05. The van der Waals surface area contributed by atoms with Gasteiger partial charge >= 0.3 is 0 Å². The van der Waals surface area contributed by atoms with E-state index in [-0.39, 0.29) is 6.54 Å². The van der Waals surface area contributed by atoms with Gasteiger partial charge in [-0.25, -0.2) is 13.1 Å². The molecule has 0 saturated carbocycles. The number of ether oxygens (including phenoxy) is 1. The number of halogens is 1. The Morgan fingerprint density at radius 2 is 2.13 bits per heavy atom. The summed E-state index contributed by atoms with van der Waals surface area (Å²) < 4.78 is 30.0. The lowest BCUT2D eigenvalue weighted by Gasteiger charge is -2.06. The number of nitrogens with one attached hydrogen (secondary N) is 1. The number of methoxy groups -OCH3 is 1. The standard InChI is InChI=1S/C9H12BrNO3S/c1-14-9-4-3-7(5-8(9)10)6-11-15(2,12)13/h3-5,11H,6H2,1-2H3. The van der Waals surface area contributed by atoms with Crippen LogP contribution in [-0.4, -0.2) is 21.8 Å². The number of hydrogen-bond acceptors (Lipinski definition) is 3. The molecule has 0 aromatic heterocycles. The number of rotatable bonds is 4. The first-order chi connectivity index (χ1) is 6.92. The second-order valence-electron chi connectivity index (χ2n) is 3.06. The van der Waals surface area contributed by atoms with Crippen molar-refractivity contribution in [3.63, 3.8) is 0 Å². The van der Waals surface area contributed by atoms with Crippen molar-refractivity contribution in [1.82, 2.24) is 4.72 Å². The fourth-order valence-electron chi connectivity index (χ4n) is 1.03. The minimum Gasteiger partial charge on any atom is -0.496 e. The minimum atomic E-state index is -3.15. The van der Waals surface area contributed by atoms with Crippen LogP contribution in [0.3, 0.4) is 0 Å². The zero-order chi connectivity index (χ0) is 11.5. The van der Waals surface area contributed by atoms with E-state index >= 15 is 0 Å². The lowest BCUT2D eigenvalue weighted by atomic mass is 10.2. The van der Waals surface area contributed by atoms with Gasteiger partial charge in [0, 0.05) is 6.54 Å². The zero-order valence-corrected chi connectivity index (χ0v) is 10.9. The second kappa shape index (κ2) is 4.96. The van der Waals surface area contributed by atoms with Crippen molar-refractivity contribution in [2.75, 3.05) is 13.4 Å². The Bertz CT molecular complexity index is 445. The highest BCUT2D eigenvalue weighted by atomic mass is 79.9. The highest BCUT2D eigenvalue weighted by molar-refractivity contribution is 9.10. The number of benzene rings is 1. The van der Waals surface area contributed by atoms with Gasteiger partial charge in [-0.2, -0.15) is 0 Å². The van der Waals surface area contributed by atoms with Crippen molar-refractivity contribution in [2.45, 2.75) is 6.54 Å². The molecular formula is C9H12BrNO3S. The van der Waals surface area contributed by atoms with Crippen LogP contribution in [0.15, 0.2) is 22.7 Å². The van der Waals surface area contributed by atoms with Gasteiger partial charge in [-0.1, -0.05) is 6.07 Å². The molecule has 15 heavy (non-hydrogen) atoms. The Balaban J connectivity index is 2.76. The quantitative estimate of drug-likeness (QED) is 0.915. The molecule has 0 fully saturated rings. The molecule has 1 N–H and O–H groups in total. The van der Waals surface area contributed by atoms with Crippen LogP contribution in [0, 0.1) is 0 Å². The third kappa shape index (κ3) is 4.19. The maximum absolute atomic E-state index is 10.9. The molecule has 0 spiro atoms. The Labute approximate surface area is 97.8 Å². The molecule has 4 nitrogen and oxygen atoms in total. The zero-order valence-electron chi connectivity index (χ0n) is 8.45. The van der Waals surface area contributed by atoms with Gasteiger partial charge in [-0.3, -0.25) is 0 Å². The summed E-state index contributed by atoms with van der Waals surface area (Å²) in [6.07, 6.45) is 1.13. The Kier molecular flexibility index (Phi) is 4.12. The lowest BCUT2D eigenvalue weighted by Crippen LogP contribution is -2.21. The summed E-state index contributed by atoms with van der Waals surface area (Å²) in [5.74, 6) is 0.720. The highest BCUT2D eigenvalue weighted by Gasteiger charge is 2.04. The predicted molar refractivity (Wildman–Crippen MR) is 62.4 cm³/mol. The maximum Gasteiger partial charge on any atom is 0.209 e. The first-order valence-electron chi connectivity index (χ1n) is 4.19. The first kappa shape index (κ1) is 12.5. The molecule has 1 aromatic carbocycles. The molecule has 6 heteroatoms. The topological polar surface area (TPSA) is 55.4 Å². The van der Waals surface area contributed by atoms with Gasteiger partial charge in [0.2, 0.25) is 10.0 Å². The summed E-state index contributed by atoms with van der Waals surface area (Å²) in [4.78, 5) is 0. The molecule has 0 radical (unpaired) electrons. The Morgan fingerprint density at radius 3 is 2.60 bits per heavy atom. The molecule has 0 aliphatic rings. The van der Waals surface area contributed by atoms with Crippen molar-refractivity contribution in [3.8, 4) is 5.75 Å². The SMILES string of the molecule is COc1ccc(CNS(C)(=O)=O)cc1Br. The fraction of sp³-hybridized carbons (Fsp3) is 0.333. The van der Waals surface area contributed by atoms with E-state index in [0.29, 0.717) is 0 Å². The van der Waals surface area contributed by atoms with Crippen LogP contribution in [0.4, 0.5) is 0 Å². The molecule has 0 saturated heterocycles. The molecular weight excluding hydrogens is 282 g/mol. The van der Waals surface area contributed by atoms with Crippen LogP contribution in [0.5, 0.6) is 5.75 Å². The van der Waals surface area contributed by atoms with Gasteiger partial charge in [-0.05, 0) is 33.6 Å². The smallest absolute Gasteiger partial charge is 0.209 e. The normalized spacial score (nSPS) is 11.4.